The summed E-state index contributed by atoms with van der Waals surface area (Å²) in [7, 11) is 0. The average Bonchev–Trinajstić information content (AvgIpc) is 2.73. The molecule has 2 amide bonds. The minimum atomic E-state index is -0.709. The number of nitrogens with one attached hydrogen (secondary N) is 2. The lowest BCUT2D eigenvalue weighted by molar-refractivity contribution is -0.147. The molecule has 2 N–H and O–H groups in total. The van der Waals surface area contributed by atoms with Crippen molar-refractivity contribution in [2.45, 2.75) is 32.8 Å². The van der Waals surface area contributed by atoms with Gasteiger partial charge in [-0.1, -0.05) is 23.2 Å². The Hall–Kier alpha value is -3.10. The number of hydrogen-bond donors (Lipinski definition) is 2. The first-order valence-electron chi connectivity index (χ1n) is 9.65. The summed E-state index contributed by atoms with van der Waals surface area (Å²) in [5.74, 6) is -2.18. The normalized spacial score (nSPS) is 10.4. The van der Waals surface area contributed by atoms with Crippen molar-refractivity contribution >= 4 is 58.3 Å². The summed E-state index contributed by atoms with van der Waals surface area (Å²) in [6.45, 7) is 2.97. The molecule has 0 aliphatic rings. The molecular weight excluding hydrogens is 459 g/mol. The third-order valence-corrected chi connectivity index (χ3v) is 4.43. The fourth-order valence-corrected chi connectivity index (χ4v) is 2.75. The maximum absolute atomic E-state index is 12.0. The highest BCUT2D eigenvalue weighted by molar-refractivity contribution is 6.35. The standard InChI is InChI=1S/C22H22Cl2N2O6/c1-13(2)32-22(30)14-3-6-16(7-4-14)25-19(27)9-10-21(29)31-12-20(28)26-18-11-15(23)5-8-17(18)24/h3-8,11,13H,9-10,12H2,1-2H3,(H,25,27)(H,26,28). The largest absolute Gasteiger partial charge is 0.459 e. The lowest BCUT2D eigenvalue weighted by Crippen LogP contribution is -2.22. The van der Waals surface area contributed by atoms with Gasteiger partial charge in [0.2, 0.25) is 5.91 Å². The SMILES string of the molecule is CC(C)OC(=O)c1ccc(NC(=O)CCC(=O)OCC(=O)Nc2cc(Cl)ccc2Cl)cc1. The van der Waals surface area contributed by atoms with Crippen LogP contribution in [-0.4, -0.2) is 36.5 Å². The second-order valence-corrected chi connectivity index (χ2v) is 7.76. The van der Waals surface area contributed by atoms with Gasteiger partial charge in [0.05, 0.1) is 28.8 Å². The van der Waals surface area contributed by atoms with Crippen LogP contribution in [0.25, 0.3) is 0 Å². The van der Waals surface area contributed by atoms with Gasteiger partial charge in [-0.2, -0.15) is 0 Å². The Labute approximate surface area is 195 Å². The van der Waals surface area contributed by atoms with E-state index < -0.39 is 30.4 Å². The Balaban J connectivity index is 1.72. The number of hydrogen-bond acceptors (Lipinski definition) is 6. The molecule has 2 rings (SSSR count). The highest BCUT2D eigenvalue weighted by atomic mass is 35.5. The van der Waals surface area contributed by atoms with E-state index in [0.717, 1.165) is 0 Å². The summed E-state index contributed by atoms with van der Waals surface area (Å²) < 4.78 is 9.95. The van der Waals surface area contributed by atoms with Gasteiger partial charge < -0.3 is 20.1 Å². The van der Waals surface area contributed by atoms with Crippen molar-refractivity contribution in [2.24, 2.45) is 0 Å². The van der Waals surface area contributed by atoms with Gasteiger partial charge in [-0.15, -0.1) is 0 Å². The summed E-state index contributed by atoms with van der Waals surface area (Å²) in [6.07, 6.45) is -0.588. The topological polar surface area (TPSA) is 111 Å². The molecule has 0 radical (unpaired) electrons. The van der Waals surface area contributed by atoms with Gasteiger partial charge >= 0.3 is 11.9 Å². The first-order chi connectivity index (χ1) is 15.1. The molecule has 0 atom stereocenters. The molecule has 2 aromatic rings. The van der Waals surface area contributed by atoms with Crippen LogP contribution in [0.1, 0.15) is 37.0 Å². The molecule has 10 heteroatoms. The fourth-order valence-electron chi connectivity index (χ4n) is 2.41. The van der Waals surface area contributed by atoms with Crippen LogP contribution in [0.3, 0.4) is 0 Å². The predicted octanol–water partition coefficient (Wildman–Crippen LogP) is 4.46. The number of ether oxygens (including phenoxy) is 2. The predicted molar refractivity (Wildman–Crippen MR) is 121 cm³/mol. The van der Waals surface area contributed by atoms with Crippen molar-refractivity contribution in [2.75, 3.05) is 17.2 Å². The molecule has 0 fully saturated rings. The van der Waals surface area contributed by atoms with Crippen LogP contribution in [0.4, 0.5) is 11.4 Å². The van der Waals surface area contributed by atoms with Crippen LogP contribution in [0.15, 0.2) is 42.5 Å². The molecule has 0 aliphatic carbocycles. The molecule has 0 unspecified atom stereocenters. The minimum Gasteiger partial charge on any atom is -0.459 e. The molecule has 2 aromatic carbocycles. The first kappa shape index (κ1) is 25.2. The van der Waals surface area contributed by atoms with Gasteiger partial charge in [0, 0.05) is 17.1 Å². The van der Waals surface area contributed by atoms with Gasteiger partial charge in [0.15, 0.2) is 6.61 Å². The summed E-state index contributed by atoms with van der Waals surface area (Å²) in [6, 6.07) is 10.7. The van der Waals surface area contributed by atoms with Crippen molar-refractivity contribution in [3.63, 3.8) is 0 Å². The van der Waals surface area contributed by atoms with E-state index in [4.69, 9.17) is 32.7 Å². The second kappa shape index (κ2) is 12.1. The smallest absolute Gasteiger partial charge is 0.338 e. The van der Waals surface area contributed by atoms with Crippen LogP contribution < -0.4 is 10.6 Å². The number of halogens is 2. The zero-order chi connectivity index (χ0) is 23.7. The average molecular weight is 481 g/mol. The second-order valence-electron chi connectivity index (χ2n) is 6.91. The van der Waals surface area contributed by atoms with Crippen molar-refractivity contribution in [1.29, 1.82) is 0 Å². The molecule has 0 aliphatic heterocycles. The van der Waals surface area contributed by atoms with E-state index in [1.165, 1.54) is 24.3 Å². The van der Waals surface area contributed by atoms with Gasteiger partial charge in [0.25, 0.3) is 5.91 Å². The third kappa shape index (κ3) is 8.56. The molecule has 0 saturated heterocycles. The molecule has 32 heavy (non-hydrogen) atoms. The third-order valence-electron chi connectivity index (χ3n) is 3.87. The Kier molecular flexibility index (Phi) is 9.49. The first-order valence-corrected chi connectivity index (χ1v) is 10.4. The Morgan fingerprint density at radius 3 is 2.25 bits per heavy atom. The summed E-state index contributed by atoms with van der Waals surface area (Å²) in [5.41, 5.74) is 1.11. The fraction of sp³-hybridized carbons (Fsp3) is 0.273. The van der Waals surface area contributed by atoms with E-state index in [2.05, 4.69) is 10.6 Å². The highest BCUT2D eigenvalue weighted by Gasteiger charge is 2.13. The van der Waals surface area contributed by atoms with Crippen LogP contribution in [-0.2, 0) is 23.9 Å². The maximum atomic E-state index is 12.0. The Morgan fingerprint density at radius 1 is 0.906 bits per heavy atom. The number of amides is 2. The molecule has 0 heterocycles. The summed E-state index contributed by atoms with van der Waals surface area (Å²) in [4.78, 5) is 47.5. The number of benzene rings is 2. The van der Waals surface area contributed by atoms with Crippen molar-refractivity contribution in [3.8, 4) is 0 Å². The van der Waals surface area contributed by atoms with E-state index in [-0.39, 0.29) is 24.0 Å². The monoisotopic (exact) mass is 480 g/mol. The number of anilines is 2. The zero-order valence-electron chi connectivity index (χ0n) is 17.4. The van der Waals surface area contributed by atoms with E-state index in [1.807, 2.05) is 0 Å². The van der Waals surface area contributed by atoms with Crippen LogP contribution in [0.2, 0.25) is 10.0 Å². The Morgan fingerprint density at radius 2 is 1.59 bits per heavy atom. The Bertz CT molecular complexity index is 992. The van der Waals surface area contributed by atoms with Crippen molar-refractivity contribution < 1.29 is 28.7 Å². The lowest BCUT2D eigenvalue weighted by Gasteiger charge is -2.09. The van der Waals surface area contributed by atoms with Crippen LogP contribution in [0.5, 0.6) is 0 Å². The van der Waals surface area contributed by atoms with E-state index >= 15 is 0 Å². The van der Waals surface area contributed by atoms with E-state index in [9.17, 15) is 19.2 Å². The van der Waals surface area contributed by atoms with Crippen LogP contribution >= 0.6 is 23.2 Å². The molecule has 170 valence electrons. The molecule has 0 saturated carbocycles. The highest BCUT2D eigenvalue weighted by Crippen LogP contribution is 2.25. The lowest BCUT2D eigenvalue weighted by atomic mass is 10.2. The molecule has 0 aromatic heterocycles. The minimum absolute atomic E-state index is 0.141. The number of carbonyl (C=O) groups excluding carboxylic acids is 4. The van der Waals surface area contributed by atoms with Gasteiger partial charge in [-0.05, 0) is 56.3 Å². The summed E-state index contributed by atoms with van der Waals surface area (Å²) in [5, 5.41) is 5.76. The van der Waals surface area contributed by atoms with Crippen LogP contribution in [0, 0.1) is 0 Å². The van der Waals surface area contributed by atoms with E-state index in [1.54, 1.807) is 32.0 Å². The van der Waals surface area contributed by atoms with Gasteiger partial charge in [0.1, 0.15) is 0 Å². The maximum Gasteiger partial charge on any atom is 0.338 e. The number of esters is 2. The zero-order valence-corrected chi connectivity index (χ0v) is 19.0. The van der Waals surface area contributed by atoms with Gasteiger partial charge in [-0.25, -0.2) is 4.79 Å². The van der Waals surface area contributed by atoms with Gasteiger partial charge in [-0.3, -0.25) is 14.4 Å². The van der Waals surface area contributed by atoms with Crippen molar-refractivity contribution in [3.05, 3.63) is 58.1 Å². The molecule has 0 bridgehead atoms. The molecule has 0 spiro atoms. The quantitative estimate of drug-likeness (QED) is 0.512. The van der Waals surface area contributed by atoms with Crippen molar-refractivity contribution in [1.82, 2.24) is 0 Å². The summed E-state index contributed by atoms with van der Waals surface area (Å²) >= 11 is 11.8. The van der Waals surface area contributed by atoms with E-state index in [0.29, 0.717) is 22.0 Å². The number of rotatable bonds is 9. The number of carbonyl (C=O) groups is 4. The molecular formula is C22H22Cl2N2O6. The molecule has 8 nitrogen and oxygen atoms in total.